The molecule has 0 amide bonds. The minimum absolute atomic E-state index is 0.741. The zero-order chi connectivity index (χ0) is 4.69. The molecular weight excluding hydrogens is 86.1 g/mol. The van der Waals surface area contributed by atoms with E-state index in [4.69, 9.17) is 0 Å². The van der Waals surface area contributed by atoms with Gasteiger partial charge in [0.1, 0.15) is 0 Å². The Morgan fingerprint density at radius 3 is 2.57 bits per heavy atom. The van der Waals surface area contributed by atoms with Crippen molar-refractivity contribution < 1.29 is 0 Å². The molecule has 0 spiro atoms. The van der Waals surface area contributed by atoms with Crippen molar-refractivity contribution in [1.82, 2.24) is 0 Å². The number of aliphatic imine (C=N–C) groups is 1. The lowest BCUT2D eigenvalue weighted by Crippen LogP contribution is -1.92. The van der Waals surface area contributed by atoms with Crippen LogP contribution < -0.4 is 0 Å². The molecule has 2 atom stereocenters. The van der Waals surface area contributed by atoms with Crippen LogP contribution in [0, 0.1) is 5.92 Å². The van der Waals surface area contributed by atoms with E-state index in [2.05, 4.69) is 11.2 Å². The number of hydrogen-bond acceptors (Lipinski definition) is 1. The first kappa shape index (κ1) is 3.65. The summed E-state index contributed by atoms with van der Waals surface area (Å²) in [6.45, 7) is 0. The Morgan fingerprint density at radius 1 is 1.43 bits per heavy atom. The lowest BCUT2D eigenvalue weighted by molar-refractivity contribution is 0.722. The zero-order valence-electron chi connectivity index (χ0n) is 4.30. The van der Waals surface area contributed by atoms with Gasteiger partial charge < -0.3 is 0 Å². The molecule has 2 bridgehead atoms. The van der Waals surface area contributed by atoms with Crippen LogP contribution in [0.15, 0.2) is 4.99 Å². The molecule has 0 unspecified atom stereocenters. The van der Waals surface area contributed by atoms with Gasteiger partial charge >= 0.3 is 0 Å². The van der Waals surface area contributed by atoms with Crippen LogP contribution in [0.2, 0.25) is 0 Å². The third-order valence-electron chi connectivity index (χ3n) is 1.95. The van der Waals surface area contributed by atoms with E-state index in [1.807, 2.05) is 0 Å². The van der Waals surface area contributed by atoms with E-state index >= 15 is 0 Å². The Hall–Kier alpha value is -0.330. The Labute approximate surface area is 43.4 Å². The molecule has 2 rings (SSSR count). The van der Waals surface area contributed by atoms with E-state index in [-0.39, 0.29) is 0 Å². The third kappa shape index (κ3) is 0.409. The lowest BCUT2D eigenvalue weighted by Gasteiger charge is -1.96. The van der Waals surface area contributed by atoms with E-state index in [1.165, 1.54) is 19.3 Å². The van der Waals surface area contributed by atoms with Crippen molar-refractivity contribution in [3.05, 3.63) is 0 Å². The van der Waals surface area contributed by atoms with Crippen LogP contribution in [-0.2, 0) is 0 Å². The van der Waals surface area contributed by atoms with Crippen LogP contribution in [0.25, 0.3) is 0 Å². The van der Waals surface area contributed by atoms with Gasteiger partial charge in [0.05, 0.1) is 6.04 Å². The zero-order valence-corrected chi connectivity index (χ0v) is 4.30. The van der Waals surface area contributed by atoms with E-state index in [0.29, 0.717) is 0 Å². The van der Waals surface area contributed by atoms with Crippen LogP contribution >= 0.6 is 0 Å². The van der Waals surface area contributed by atoms with Crippen LogP contribution in [0.1, 0.15) is 19.3 Å². The maximum absolute atomic E-state index is 4.28. The van der Waals surface area contributed by atoms with Crippen molar-refractivity contribution in [1.29, 1.82) is 0 Å². The molecule has 0 aromatic rings. The number of hydrogen-bond donors (Lipinski definition) is 0. The monoisotopic (exact) mass is 95.1 g/mol. The summed E-state index contributed by atoms with van der Waals surface area (Å²) in [6, 6.07) is 0.741. The molecule has 0 aromatic carbocycles. The minimum atomic E-state index is 0.741. The molecule has 7 heavy (non-hydrogen) atoms. The van der Waals surface area contributed by atoms with Crippen molar-refractivity contribution in [2.75, 3.05) is 0 Å². The van der Waals surface area contributed by atoms with Crippen molar-refractivity contribution in [2.45, 2.75) is 25.3 Å². The standard InChI is InChI=1S/C6H9N/c1-2-6-3-5(1)4-7-6/h4-6H,1-3H2/t5-,6+/m0/s1. The van der Waals surface area contributed by atoms with Crippen molar-refractivity contribution in [3.8, 4) is 0 Å². The van der Waals surface area contributed by atoms with E-state index < -0.39 is 0 Å². The smallest absolute Gasteiger partial charge is 0.0502 e. The summed E-state index contributed by atoms with van der Waals surface area (Å²) in [7, 11) is 0. The van der Waals surface area contributed by atoms with Crippen LogP contribution in [-0.4, -0.2) is 12.3 Å². The Morgan fingerprint density at radius 2 is 2.43 bits per heavy atom. The first-order valence-corrected chi connectivity index (χ1v) is 2.98. The molecule has 1 aliphatic heterocycles. The number of fused-ring (bicyclic) bond motifs is 2. The highest BCUT2D eigenvalue weighted by atomic mass is 14.8. The van der Waals surface area contributed by atoms with Gasteiger partial charge in [-0.3, -0.25) is 4.99 Å². The van der Waals surface area contributed by atoms with Crippen LogP contribution in [0.4, 0.5) is 0 Å². The quantitative estimate of drug-likeness (QED) is 0.429. The first-order chi connectivity index (χ1) is 3.45. The van der Waals surface area contributed by atoms with E-state index in [0.717, 1.165) is 12.0 Å². The molecule has 1 heterocycles. The summed E-state index contributed by atoms with van der Waals surface area (Å²) in [5.74, 6) is 0.880. The number of rotatable bonds is 0. The highest BCUT2D eigenvalue weighted by Crippen LogP contribution is 2.31. The Bertz CT molecular complexity index is 94.7. The lowest BCUT2D eigenvalue weighted by atomic mass is 10.1. The highest BCUT2D eigenvalue weighted by Gasteiger charge is 2.26. The van der Waals surface area contributed by atoms with Gasteiger partial charge in [-0.1, -0.05) is 0 Å². The Kier molecular flexibility index (Phi) is 0.566. The van der Waals surface area contributed by atoms with Gasteiger partial charge in [0.25, 0.3) is 0 Å². The molecule has 38 valence electrons. The summed E-state index contributed by atoms with van der Waals surface area (Å²) < 4.78 is 0. The molecule has 0 radical (unpaired) electrons. The van der Waals surface area contributed by atoms with E-state index in [9.17, 15) is 0 Å². The van der Waals surface area contributed by atoms with Gasteiger partial charge in [0.2, 0.25) is 0 Å². The van der Waals surface area contributed by atoms with Gasteiger partial charge in [-0.25, -0.2) is 0 Å². The fraction of sp³-hybridized carbons (Fsp3) is 0.833. The Balaban J connectivity index is 2.27. The maximum Gasteiger partial charge on any atom is 0.0502 e. The second kappa shape index (κ2) is 1.09. The second-order valence-corrected chi connectivity index (χ2v) is 2.53. The van der Waals surface area contributed by atoms with Gasteiger partial charge in [0.15, 0.2) is 0 Å². The molecule has 0 saturated heterocycles. The summed E-state index contributed by atoms with van der Waals surface area (Å²) in [5, 5.41) is 0. The molecule has 1 nitrogen and oxygen atoms in total. The van der Waals surface area contributed by atoms with Crippen LogP contribution in [0.3, 0.4) is 0 Å². The van der Waals surface area contributed by atoms with Gasteiger partial charge in [-0.2, -0.15) is 0 Å². The second-order valence-electron chi connectivity index (χ2n) is 2.53. The van der Waals surface area contributed by atoms with Gasteiger partial charge in [-0.05, 0) is 25.2 Å². The first-order valence-electron chi connectivity index (χ1n) is 2.98. The minimum Gasteiger partial charge on any atom is -0.294 e. The molecule has 1 saturated carbocycles. The van der Waals surface area contributed by atoms with Gasteiger partial charge in [-0.15, -0.1) is 0 Å². The molecular formula is C6H9N. The number of nitrogens with zero attached hydrogens (tertiary/aromatic N) is 1. The topological polar surface area (TPSA) is 12.4 Å². The third-order valence-corrected chi connectivity index (χ3v) is 1.95. The average molecular weight is 95.1 g/mol. The molecule has 1 aliphatic carbocycles. The predicted molar refractivity (Wildman–Crippen MR) is 29.6 cm³/mol. The van der Waals surface area contributed by atoms with Crippen LogP contribution in [0.5, 0.6) is 0 Å². The SMILES string of the molecule is C1=N[C@@H]2CC[C@H]1C2. The fourth-order valence-electron chi connectivity index (χ4n) is 1.51. The molecule has 1 fully saturated rings. The summed E-state index contributed by atoms with van der Waals surface area (Å²) in [6.07, 6.45) is 6.27. The van der Waals surface area contributed by atoms with Crippen molar-refractivity contribution in [2.24, 2.45) is 10.9 Å². The molecule has 0 aromatic heterocycles. The van der Waals surface area contributed by atoms with Crippen molar-refractivity contribution >= 4 is 6.21 Å². The summed E-state index contributed by atoms with van der Waals surface area (Å²) >= 11 is 0. The van der Waals surface area contributed by atoms with E-state index in [1.54, 1.807) is 0 Å². The largest absolute Gasteiger partial charge is 0.294 e. The summed E-state index contributed by atoms with van der Waals surface area (Å²) in [5.41, 5.74) is 0. The fourth-order valence-corrected chi connectivity index (χ4v) is 1.51. The summed E-state index contributed by atoms with van der Waals surface area (Å²) in [4.78, 5) is 4.28. The van der Waals surface area contributed by atoms with Crippen molar-refractivity contribution in [3.63, 3.8) is 0 Å². The molecule has 0 N–H and O–H groups in total. The molecule has 1 heteroatoms. The van der Waals surface area contributed by atoms with Gasteiger partial charge in [0, 0.05) is 6.21 Å². The average Bonchev–Trinajstić information content (AvgIpc) is 2.22. The highest BCUT2D eigenvalue weighted by molar-refractivity contribution is 5.64. The maximum atomic E-state index is 4.28. The normalized spacial score (nSPS) is 45.7. The molecule has 2 aliphatic rings. The predicted octanol–water partition coefficient (Wildman–Crippen LogP) is 1.24.